The first-order chi connectivity index (χ1) is 9.10. The minimum absolute atomic E-state index is 0.167. The average Bonchev–Trinajstić information content (AvgIpc) is 2.29. The van der Waals surface area contributed by atoms with Gasteiger partial charge in [0.25, 0.3) is 5.91 Å². The van der Waals surface area contributed by atoms with E-state index >= 15 is 0 Å². The summed E-state index contributed by atoms with van der Waals surface area (Å²) >= 11 is 3.42. The van der Waals surface area contributed by atoms with Crippen LogP contribution in [0.15, 0.2) is 22.7 Å². The molecule has 0 spiro atoms. The van der Waals surface area contributed by atoms with Crippen molar-refractivity contribution < 1.29 is 14.6 Å². The van der Waals surface area contributed by atoms with Crippen molar-refractivity contribution in [2.24, 2.45) is 0 Å². The maximum absolute atomic E-state index is 12.2. The number of halogens is 1. The Hall–Kier alpha value is -1.07. The summed E-state index contributed by atoms with van der Waals surface area (Å²) < 4.78 is 6.50. The Balaban J connectivity index is 2.70. The maximum atomic E-state index is 12.2. The van der Waals surface area contributed by atoms with Crippen LogP contribution < -0.4 is 4.74 Å². The Morgan fingerprint density at radius 2 is 2.10 bits per heavy atom. The molecule has 1 N–H and O–H groups in total. The van der Waals surface area contributed by atoms with Crippen LogP contribution in [-0.2, 0) is 4.79 Å². The normalized spacial score (nSPS) is 12.9. The van der Waals surface area contributed by atoms with Crippen molar-refractivity contribution in [3.8, 4) is 5.75 Å². The zero-order valence-corrected chi connectivity index (χ0v) is 14.2. The van der Waals surface area contributed by atoms with Crippen LogP contribution in [0.2, 0.25) is 0 Å². The van der Waals surface area contributed by atoms with Gasteiger partial charge in [-0.25, -0.2) is 0 Å². The smallest absolute Gasteiger partial charge is 0.263 e. The fourth-order valence-electron chi connectivity index (χ4n) is 1.91. The zero-order valence-electron chi connectivity index (χ0n) is 12.6. The summed E-state index contributed by atoms with van der Waals surface area (Å²) in [6.45, 7) is 7.28. The monoisotopic (exact) mass is 343 g/mol. The molecule has 1 aromatic carbocycles. The number of ether oxygens (including phenoxy) is 1. The third kappa shape index (κ3) is 5.13. The number of hydrogen-bond acceptors (Lipinski definition) is 3. The molecule has 0 saturated carbocycles. The van der Waals surface area contributed by atoms with E-state index in [9.17, 15) is 9.90 Å². The number of nitrogens with zero attached hydrogens (tertiary/aromatic N) is 1. The van der Waals surface area contributed by atoms with E-state index in [0.717, 1.165) is 10.0 Å². The maximum Gasteiger partial charge on any atom is 0.263 e. The molecule has 1 atom stereocenters. The molecule has 0 fully saturated rings. The zero-order chi connectivity index (χ0) is 15.5. The quantitative estimate of drug-likeness (QED) is 0.894. The van der Waals surface area contributed by atoms with Crippen molar-refractivity contribution >= 4 is 21.8 Å². The Labute approximate surface area is 128 Å². The molecular formula is C15H22BrNO3. The van der Waals surface area contributed by atoms with Gasteiger partial charge in [-0.15, -0.1) is 0 Å². The van der Waals surface area contributed by atoms with Crippen LogP contribution in [0.5, 0.6) is 5.75 Å². The number of aryl methyl sites for hydroxylation is 1. The molecule has 0 heterocycles. The highest BCUT2D eigenvalue weighted by molar-refractivity contribution is 9.10. The molecule has 112 valence electrons. The van der Waals surface area contributed by atoms with Crippen LogP contribution in [-0.4, -0.2) is 41.2 Å². The summed E-state index contributed by atoms with van der Waals surface area (Å²) in [6.07, 6.45) is -0.610. The topological polar surface area (TPSA) is 49.8 Å². The second kappa shape index (κ2) is 6.59. The highest BCUT2D eigenvalue weighted by atomic mass is 79.9. The lowest BCUT2D eigenvalue weighted by Gasteiger charge is -2.28. The number of aliphatic hydroxyl groups is 1. The van der Waals surface area contributed by atoms with Crippen LogP contribution in [0.25, 0.3) is 0 Å². The van der Waals surface area contributed by atoms with Crippen molar-refractivity contribution in [3.05, 3.63) is 28.2 Å². The first-order valence-electron chi connectivity index (χ1n) is 6.50. The van der Waals surface area contributed by atoms with Crippen molar-refractivity contribution in [2.45, 2.75) is 39.4 Å². The highest BCUT2D eigenvalue weighted by Gasteiger charge is 2.24. The molecule has 0 bridgehead atoms. The van der Waals surface area contributed by atoms with E-state index in [-0.39, 0.29) is 12.5 Å². The predicted octanol–water partition coefficient (Wildman–Crippen LogP) is 2.75. The van der Waals surface area contributed by atoms with Gasteiger partial charge in [0.2, 0.25) is 0 Å². The molecule has 1 aromatic rings. The fourth-order valence-corrected chi connectivity index (χ4v) is 2.50. The Morgan fingerprint density at radius 3 is 2.60 bits per heavy atom. The van der Waals surface area contributed by atoms with Gasteiger partial charge in [0.05, 0.1) is 10.1 Å². The molecule has 1 amide bonds. The Morgan fingerprint density at radius 1 is 1.50 bits per heavy atom. The van der Waals surface area contributed by atoms with Crippen LogP contribution >= 0.6 is 15.9 Å². The lowest BCUT2D eigenvalue weighted by molar-refractivity contribution is -0.139. The Bertz CT molecular complexity index is 482. The van der Waals surface area contributed by atoms with Gasteiger partial charge in [0, 0.05) is 13.6 Å². The van der Waals surface area contributed by atoms with Gasteiger partial charge in [0.1, 0.15) is 5.75 Å². The van der Waals surface area contributed by atoms with E-state index in [2.05, 4.69) is 15.9 Å². The van der Waals surface area contributed by atoms with Gasteiger partial charge in [-0.2, -0.15) is 0 Å². The number of carbonyl (C=O) groups is 1. The average molecular weight is 344 g/mol. The summed E-state index contributed by atoms with van der Waals surface area (Å²) in [5.41, 5.74) is 0.191. The number of benzene rings is 1. The van der Waals surface area contributed by atoms with E-state index in [1.54, 1.807) is 27.8 Å². The van der Waals surface area contributed by atoms with Crippen LogP contribution in [0, 0.1) is 6.92 Å². The molecule has 20 heavy (non-hydrogen) atoms. The first-order valence-corrected chi connectivity index (χ1v) is 7.29. The summed E-state index contributed by atoms with van der Waals surface area (Å²) in [6, 6.07) is 5.70. The van der Waals surface area contributed by atoms with Gasteiger partial charge in [-0.05, 0) is 61.3 Å². The standard InChI is InChI=1S/C15H22BrNO3/c1-10-6-7-13(12(16)8-10)20-11(2)14(18)17(5)9-15(3,4)19/h6-8,11,19H,9H2,1-5H3. The van der Waals surface area contributed by atoms with E-state index in [4.69, 9.17) is 4.74 Å². The van der Waals surface area contributed by atoms with Crippen molar-refractivity contribution in [1.29, 1.82) is 0 Å². The lowest BCUT2D eigenvalue weighted by Crippen LogP contribution is -2.44. The number of rotatable bonds is 5. The first kappa shape index (κ1) is 17.0. The Kier molecular flexibility index (Phi) is 5.59. The van der Waals surface area contributed by atoms with Crippen molar-refractivity contribution in [1.82, 2.24) is 4.90 Å². The molecule has 0 saturated heterocycles. The molecule has 1 rings (SSSR count). The molecule has 1 unspecified atom stereocenters. The minimum Gasteiger partial charge on any atom is -0.480 e. The summed E-state index contributed by atoms with van der Waals surface area (Å²) in [4.78, 5) is 13.7. The largest absolute Gasteiger partial charge is 0.480 e. The molecule has 5 heteroatoms. The summed E-state index contributed by atoms with van der Waals surface area (Å²) in [5, 5.41) is 9.74. The van der Waals surface area contributed by atoms with Gasteiger partial charge in [0.15, 0.2) is 6.10 Å². The second-order valence-corrected chi connectivity index (χ2v) is 6.56. The van der Waals surface area contributed by atoms with Gasteiger partial charge < -0.3 is 14.7 Å². The molecule has 0 radical (unpaired) electrons. The third-order valence-electron chi connectivity index (χ3n) is 2.74. The van der Waals surface area contributed by atoms with Crippen molar-refractivity contribution in [2.75, 3.05) is 13.6 Å². The van der Waals surface area contributed by atoms with Gasteiger partial charge in [-0.1, -0.05) is 6.07 Å². The number of amides is 1. The highest BCUT2D eigenvalue weighted by Crippen LogP contribution is 2.26. The van der Waals surface area contributed by atoms with Crippen molar-refractivity contribution in [3.63, 3.8) is 0 Å². The summed E-state index contributed by atoms with van der Waals surface area (Å²) in [5.74, 6) is 0.465. The summed E-state index contributed by atoms with van der Waals surface area (Å²) in [7, 11) is 1.66. The van der Waals surface area contributed by atoms with Gasteiger partial charge in [-0.3, -0.25) is 4.79 Å². The second-order valence-electron chi connectivity index (χ2n) is 5.70. The SMILES string of the molecule is Cc1ccc(OC(C)C(=O)N(C)CC(C)(C)O)c(Br)c1. The molecule has 0 aromatic heterocycles. The van der Waals surface area contributed by atoms with E-state index in [1.807, 2.05) is 25.1 Å². The van der Waals surface area contributed by atoms with E-state index in [1.165, 1.54) is 4.90 Å². The van der Waals surface area contributed by atoms with Crippen LogP contribution in [0.1, 0.15) is 26.3 Å². The number of carbonyl (C=O) groups excluding carboxylic acids is 1. The van der Waals surface area contributed by atoms with Crippen LogP contribution in [0.3, 0.4) is 0 Å². The molecule has 4 nitrogen and oxygen atoms in total. The third-order valence-corrected chi connectivity index (χ3v) is 3.36. The van der Waals surface area contributed by atoms with E-state index < -0.39 is 11.7 Å². The molecule has 0 aliphatic carbocycles. The molecule has 0 aliphatic rings. The molecule has 0 aliphatic heterocycles. The van der Waals surface area contributed by atoms with E-state index in [0.29, 0.717) is 5.75 Å². The van der Waals surface area contributed by atoms with Gasteiger partial charge >= 0.3 is 0 Å². The number of hydrogen-bond donors (Lipinski definition) is 1. The predicted molar refractivity (Wildman–Crippen MR) is 82.9 cm³/mol. The minimum atomic E-state index is -0.922. The fraction of sp³-hybridized carbons (Fsp3) is 0.533. The lowest BCUT2D eigenvalue weighted by atomic mass is 10.1. The van der Waals surface area contributed by atoms with Crippen LogP contribution in [0.4, 0.5) is 0 Å². The number of likely N-dealkylation sites (N-methyl/N-ethyl adjacent to an activating group) is 1. The molecular weight excluding hydrogens is 322 g/mol.